The average Bonchev–Trinajstić information content (AvgIpc) is 3.38. The predicted molar refractivity (Wildman–Crippen MR) is 157 cm³/mol. The van der Waals surface area contributed by atoms with Gasteiger partial charge in [0.1, 0.15) is 10.3 Å². The monoisotopic (exact) mass is 596 g/mol. The van der Waals surface area contributed by atoms with Crippen LogP contribution in [0.25, 0.3) is 10.1 Å². The number of halogens is 1. The summed E-state index contributed by atoms with van der Waals surface area (Å²) < 4.78 is 29.8. The second-order valence-corrected chi connectivity index (χ2v) is 13.2. The number of amides is 2. The minimum Gasteiger partial charge on any atom is -0.336 e. The number of carbonyl (C=O) groups excluding carboxylic acids is 2. The van der Waals surface area contributed by atoms with E-state index in [9.17, 15) is 18.0 Å². The second-order valence-electron chi connectivity index (χ2n) is 9.70. The molecule has 0 spiro atoms. The number of benzene rings is 2. The van der Waals surface area contributed by atoms with Gasteiger partial charge in [0.15, 0.2) is 0 Å². The first-order valence-electron chi connectivity index (χ1n) is 13.0. The number of nitrogens with zero attached hydrogens (tertiary/aromatic N) is 3. The van der Waals surface area contributed by atoms with Gasteiger partial charge in [0.05, 0.1) is 6.54 Å². The Balaban J connectivity index is 1.27. The molecule has 40 heavy (non-hydrogen) atoms. The van der Waals surface area contributed by atoms with E-state index in [1.165, 1.54) is 4.90 Å². The molecule has 2 aromatic carbocycles. The van der Waals surface area contributed by atoms with E-state index in [0.29, 0.717) is 43.9 Å². The van der Waals surface area contributed by atoms with Crippen LogP contribution < -0.4 is 4.72 Å². The molecule has 3 heterocycles. The van der Waals surface area contributed by atoms with E-state index in [1.807, 2.05) is 48.5 Å². The number of hydrogen-bond donors (Lipinski definition) is 1. The van der Waals surface area contributed by atoms with Crippen LogP contribution in [0.15, 0.2) is 83.2 Å². The number of fused-ring (bicyclic) bond motifs is 1. The van der Waals surface area contributed by atoms with Gasteiger partial charge in [0, 0.05) is 47.7 Å². The highest BCUT2D eigenvalue weighted by Crippen LogP contribution is 2.31. The van der Waals surface area contributed by atoms with Crippen LogP contribution in [0, 0.1) is 0 Å². The summed E-state index contributed by atoms with van der Waals surface area (Å²) in [4.78, 5) is 34.4. The number of nitrogens with one attached hydrogen (secondary N) is 1. The maximum absolute atomic E-state index is 13.5. The zero-order valence-corrected chi connectivity index (χ0v) is 24.1. The van der Waals surface area contributed by atoms with Crippen molar-refractivity contribution < 1.29 is 18.0 Å². The fraction of sp³-hybridized carbons (Fsp3) is 0.276. The third-order valence-corrected chi connectivity index (χ3v) is 10.1. The van der Waals surface area contributed by atoms with Gasteiger partial charge in [-0.3, -0.25) is 14.6 Å². The Kier molecular flexibility index (Phi) is 8.80. The summed E-state index contributed by atoms with van der Waals surface area (Å²) in [5, 5.41) is 1.29. The molecule has 5 rings (SSSR count). The Labute approximate surface area is 242 Å². The number of likely N-dealkylation sites (tertiary alicyclic amines) is 1. The normalized spacial score (nSPS) is 15.9. The molecule has 11 heteroatoms. The number of sulfonamides is 1. The molecule has 208 valence electrons. The van der Waals surface area contributed by atoms with Crippen molar-refractivity contribution in [3.05, 3.63) is 95.3 Å². The molecule has 1 saturated heterocycles. The molecule has 0 aliphatic carbocycles. The Morgan fingerprint density at radius 3 is 2.67 bits per heavy atom. The molecule has 1 aliphatic heterocycles. The Hall–Kier alpha value is -3.31. The second kappa shape index (κ2) is 12.5. The first-order chi connectivity index (χ1) is 19.3. The van der Waals surface area contributed by atoms with Gasteiger partial charge in [0.2, 0.25) is 11.8 Å². The first-order valence-corrected chi connectivity index (χ1v) is 15.7. The molecule has 0 radical (unpaired) electrons. The summed E-state index contributed by atoms with van der Waals surface area (Å²) in [5.74, 6) is -0.588. The number of carbonyl (C=O) groups is 2. The number of pyridine rings is 1. The van der Waals surface area contributed by atoms with Gasteiger partial charge in [-0.2, -0.15) is 4.72 Å². The van der Waals surface area contributed by atoms with Gasteiger partial charge in [-0.05, 0) is 54.1 Å². The molecule has 1 fully saturated rings. The summed E-state index contributed by atoms with van der Waals surface area (Å²) in [6.07, 6.45) is 3.25. The fourth-order valence-electron chi connectivity index (χ4n) is 4.72. The highest BCUT2D eigenvalue weighted by Gasteiger charge is 2.34. The van der Waals surface area contributed by atoms with Gasteiger partial charge < -0.3 is 9.80 Å². The van der Waals surface area contributed by atoms with E-state index in [-0.39, 0.29) is 16.7 Å². The quantitative estimate of drug-likeness (QED) is 0.291. The topological polar surface area (TPSA) is 99.7 Å². The van der Waals surface area contributed by atoms with Crippen molar-refractivity contribution in [3.63, 3.8) is 0 Å². The van der Waals surface area contributed by atoms with Crippen LogP contribution in [0.3, 0.4) is 0 Å². The fourth-order valence-corrected chi connectivity index (χ4v) is 7.63. The summed E-state index contributed by atoms with van der Waals surface area (Å²) in [5.41, 5.74) is 1.86. The number of thiophene rings is 1. The minimum absolute atomic E-state index is 0.118. The van der Waals surface area contributed by atoms with Crippen molar-refractivity contribution in [1.82, 2.24) is 19.5 Å². The Morgan fingerprint density at radius 2 is 1.90 bits per heavy atom. The van der Waals surface area contributed by atoms with Crippen LogP contribution in [-0.2, 0) is 32.6 Å². The first kappa shape index (κ1) is 28.2. The smallest absolute Gasteiger partial charge is 0.250 e. The van der Waals surface area contributed by atoms with Crippen LogP contribution in [0.4, 0.5) is 0 Å². The van der Waals surface area contributed by atoms with Gasteiger partial charge in [-0.25, -0.2) is 8.42 Å². The zero-order chi connectivity index (χ0) is 28.1. The number of aromatic nitrogens is 1. The standard InChI is InChI=1S/C29H29ClN4O4S2/c30-23-12-11-22-17-28(39-26(22)18-23)40(37,38)32-25-10-6-15-34(29(25)36)20-27(35)33(19-21-7-2-1-3-8-21)16-13-24-9-4-5-14-31-24/h1-5,7-9,11-12,14,17-18,25,32H,6,10,13,15-16,19-20H2/t25-/m0/s1. The van der Waals surface area contributed by atoms with Gasteiger partial charge >= 0.3 is 0 Å². The van der Waals surface area contributed by atoms with E-state index in [0.717, 1.165) is 32.7 Å². The van der Waals surface area contributed by atoms with E-state index < -0.39 is 22.0 Å². The van der Waals surface area contributed by atoms with Gasteiger partial charge in [0.25, 0.3) is 10.0 Å². The lowest BCUT2D eigenvalue weighted by Gasteiger charge is -2.33. The van der Waals surface area contributed by atoms with E-state index in [2.05, 4.69) is 9.71 Å². The van der Waals surface area contributed by atoms with E-state index in [4.69, 9.17) is 11.6 Å². The van der Waals surface area contributed by atoms with E-state index in [1.54, 1.807) is 35.4 Å². The maximum Gasteiger partial charge on any atom is 0.250 e. The Morgan fingerprint density at radius 1 is 1.10 bits per heavy atom. The van der Waals surface area contributed by atoms with Crippen molar-refractivity contribution in [2.24, 2.45) is 0 Å². The van der Waals surface area contributed by atoms with Crippen LogP contribution in [0.2, 0.25) is 5.02 Å². The SMILES string of the molecule is O=C(CN1CCC[C@H](NS(=O)(=O)c2cc3ccc(Cl)cc3s2)C1=O)N(CCc1ccccn1)Cc1ccccc1. The number of piperidine rings is 1. The van der Waals surface area contributed by atoms with Crippen LogP contribution in [0.1, 0.15) is 24.1 Å². The molecule has 2 aromatic heterocycles. The molecule has 4 aromatic rings. The summed E-state index contributed by atoms with van der Waals surface area (Å²) >= 11 is 7.15. The third kappa shape index (κ3) is 6.87. The summed E-state index contributed by atoms with van der Waals surface area (Å²) in [6, 6.07) is 21.2. The van der Waals surface area contributed by atoms with Crippen molar-refractivity contribution in [3.8, 4) is 0 Å². The third-order valence-electron chi connectivity index (χ3n) is 6.81. The molecule has 1 N–H and O–H groups in total. The number of rotatable bonds is 10. The molecule has 0 saturated carbocycles. The van der Waals surface area contributed by atoms with Gasteiger partial charge in [-0.1, -0.05) is 54.1 Å². The predicted octanol–water partition coefficient (Wildman–Crippen LogP) is 4.49. The van der Waals surface area contributed by atoms with Crippen molar-refractivity contribution in [2.75, 3.05) is 19.6 Å². The lowest BCUT2D eigenvalue weighted by atomic mass is 10.1. The van der Waals surface area contributed by atoms with Crippen LogP contribution in [0.5, 0.6) is 0 Å². The van der Waals surface area contributed by atoms with Crippen molar-refractivity contribution in [2.45, 2.75) is 36.1 Å². The molecule has 0 bridgehead atoms. The van der Waals surface area contributed by atoms with Crippen molar-refractivity contribution >= 4 is 54.9 Å². The Bertz CT molecular complexity index is 1600. The van der Waals surface area contributed by atoms with Crippen LogP contribution in [-0.4, -0.2) is 60.7 Å². The highest BCUT2D eigenvalue weighted by atomic mass is 35.5. The minimum atomic E-state index is -3.94. The lowest BCUT2D eigenvalue weighted by Crippen LogP contribution is -2.54. The lowest BCUT2D eigenvalue weighted by molar-refractivity contribution is -0.143. The number of hydrogen-bond acceptors (Lipinski definition) is 6. The summed E-state index contributed by atoms with van der Waals surface area (Å²) in [6.45, 7) is 1.12. The molecular formula is C29H29ClN4O4S2. The zero-order valence-electron chi connectivity index (χ0n) is 21.7. The van der Waals surface area contributed by atoms with Crippen LogP contribution >= 0.6 is 22.9 Å². The molecule has 0 unspecified atom stereocenters. The highest BCUT2D eigenvalue weighted by molar-refractivity contribution is 7.91. The van der Waals surface area contributed by atoms with Crippen molar-refractivity contribution in [1.29, 1.82) is 0 Å². The largest absolute Gasteiger partial charge is 0.336 e. The van der Waals surface area contributed by atoms with E-state index >= 15 is 0 Å². The average molecular weight is 597 g/mol. The maximum atomic E-state index is 13.5. The molecular weight excluding hydrogens is 568 g/mol. The molecule has 2 amide bonds. The molecule has 1 atom stereocenters. The van der Waals surface area contributed by atoms with Gasteiger partial charge in [-0.15, -0.1) is 11.3 Å². The molecule has 8 nitrogen and oxygen atoms in total. The molecule has 1 aliphatic rings. The summed E-state index contributed by atoms with van der Waals surface area (Å²) in [7, 11) is -3.94.